The number of hydrogen-bond donors (Lipinski definition) is 2. The third-order valence-corrected chi connectivity index (χ3v) is 4.31. The lowest BCUT2D eigenvalue weighted by Gasteiger charge is -2.33. The van der Waals surface area contributed by atoms with Gasteiger partial charge < -0.3 is 10.4 Å². The molecule has 1 heterocycles. The Kier molecular flexibility index (Phi) is 4.80. The first-order chi connectivity index (χ1) is 9.93. The topological polar surface area (TPSA) is 75.1 Å². The van der Waals surface area contributed by atoms with Gasteiger partial charge in [-0.2, -0.15) is 0 Å². The van der Waals surface area contributed by atoms with Gasteiger partial charge in [0.15, 0.2) is 0 Å². The first kappa shape index (κ1) is 15.7. The van der Waals surface area contributed by atoms with Crippen LogP contribution in [-0.4, -0.2) is 27.6 Å². The molecular formula is C16H25N3O2. The van der Waals surface area contributed by atoms with Gasteiger partial charge in [-0.05, 0) is 31.7 Å². The van der Waals surface area contributed by atoms with E-state index in [0.717, 1.165) is 43.5 Å². The average molecular weight is 291 g/mol. The summed E-state index contributed by atoms with van der Waals surface area (Å²) in [5.74, 6) is 0.173. The molecule has 0 aromatic carbocycles. The zero-order valence-corrected chi connectivity index (χ0v) is 13.1. The summed E-state index contributed by atoms with van der Waals surface area (Å²) in [4.78, 5) is 20.5. The van der Waals surface area contributed by atoms with Gasteiger partial charge in [0.25, 0.3) is 0 Å². The van der Waals surface area contributed by atoms with Gasteiger partial charge in [-0.3, -0.25) is 4.79 Å². The molecule has 0 aliphatic heterocycles. The Morgan fingerprint density at radius 3 is 2.57 bits per heavy atom. The molecule has 0 amide bonds. The molecule has 1 aromatic rings. The van der Waals surface area contributed by atoms with Crippen LogP contribution < -0.4 is 5.32 Å². The Morgan fingerprint density at radius 2 is 2.00 bits per heavy atom. The maximum atomic E-state index is 11.7. The van der Waals surface area contributed by atoms with E-state index >= 15 is 0 Å². The smallest absolute Gasteiger partial charge is 0.311 e. The van der Waals surface area contributed by atoms with E-state index in [2.05, 4.69) is 29.1 Å². The van der Waals surface area contributed by atoms with E-state index in [-0.39, 0.29) is 0 Å². The molecular weight excluding hydrogens is 266 g/mol. The van der Waals surface area contributed by atoms with Crippen molar-refractivity contribution in [3.05, 3.63) is 17.5 Å². The van der Waals surface area contributed by atoms with E-state index in [9.17, 15) is 9.90 Å². The summed E-state index contributed by atoms with van der Waals surface area (Å²) in [5, 5.41) is 12.8. The number of nitrogens with zero attached hydrogens (tertiary/aromatic N) is 2. The predicted octanol–water partition coefficient (Wildman–Crippen LogP) is 3.36. The monoisotopic (exact) mass is 291 g/mol. The van der Waals surface area contributed by atoms with E-state index in [1.165, 1.54) is 0 Å². The lowest BCUT2D eigenvalue weighted by molar-refractivity contribution is -0.150. The molecule has 5 heteroatoms. The minimum absolute atomic E-state index is 0.329. The highest BCUT2D eigenvalue weighted by Gasteiger charge is 2.39. The first-order valence-corrected chi connectivity index (χ1v) is 7.76. The van der Waals surface area contributed by atoms with Crippen molar-refractivity contribution in [3.63, 3.8) is 0 Å². The number of rotatable bonds is 5. The highest BCUT2D eigenvalue weighted by molar-refractivity contribution is 5.75. The van der Waals surface area contributed by atoms with E-state index in [4.69, 9.17) is 0 Å². The van der Waals surface area contributed by atoms with Crippen molar-refractivity contribution in [2.75, 3.05) is 11.9 Å². The Morgan fingerprint density at radius 1 is 1.33 bits per heavy atom. The normalized spacial score (nSPS) is 17.7. The molecule has 1 fully saturated rings. The fraction of sp³-hybridized carbons (Fsp3) is 0.688. The van der Waals surface area contributed by atoms with Crippen LogP contribution in [0.5, 0.6) is 0 Å². The SMILES string of the molecule is Cc1cc(C(C)C)nc(NCC2(C(=O)O)CCCCC2)n1. The van der Waals surface area contributed by atoms with Crippen LogP contribution >= 0.6 is 0 Å². The maximum Gasteiger partial charge on any atom is 0.311 e. The summed E-state index contributed by atoms with van der Waals surface area (Å²) in [6, 6.07) is 1.98. The van der Waals surface area contributed by atoms with Gasteiger partial charge in [-0.1, -0.05) is 33.1 Å². The summed E-state index contributed by atoms with van der Waals surface area (Å²) in [6.07, 6.45) is 4.57. The van der Waals surface area contributed by atoms with E-state index in [1.54, 1.807) is 0 Å². The van der Waals surface area contributed by atoms with Gasteiger partial charge in [0.2, 0.25) is 5.95 Å². The van der Waals surface area contributed by atoms with Crippen LogP contribution in [0.25, 0.3) is 0 Å². The largest absolute Gasteiger partial charge is 0.481 e. The molecule has 0 radical (unpaired) electrons. The van der Waals surface area contributed by atoms with Crippen molar-refractivity contribution >= 4 is 11.9 Å². The molecule has 0 saturated heterocycles. The summed E-state index contributed by atoms with van der Waals surface area (Å²) in [5.41, 5.74) is 1.23. The zero-order chi connectivity index (χ0) is 15.5. The van der Waals surface area contributed by atoms with Crippen LogP contribution in [0.4, 0.5) is 5.95 Å². The van der Waals surface area contributed by atoms with Crippen LogP contribution in [-0.2, 0) is 4.79 Å². The van der Waals surface area contributed by atoms with Crippen molar-refractivity contribution in [3.8, 4) is 0 Å². The fourth-order valence-corrected chi connectivity index (χ4v) is 2.91. The Hall–Kier alpha value is -1.65. The van der Waals surface area contributed by atoms with E-state index in [1.807, 2.05) is 13.0 Å². The Labute approximate surface area is 126 Å². The molecule has 0 bridgehead atoms. The number of carboxylic acid groups (broad SMARTS) is 1. The molecule has 21 heavy (non-hydrogen) atoms. The second kappa shape index (κ2) is 6.41. The van der Waals surface area contributed by atoms with E-state index in [0.29, 0.717) is 18.4 Å². The van der Waals surface area contributed by atoms with Gasteiger partial charge in [0.05, 0.1) is 5.41 Å². The number of hydrogen-bond acceptors (Lipinski definition) is 4. The summed E-state index contributed by atoms with van der Waals surface area (Å²) < 4.78 is 0. The predicted molar refractivity (Wildman–Crippen MR) is 82.5 cm³/mol. The Balaban J connectivity index is 2.12. The van der Waals surface area contributed by atoms with Gasteiger partial charge in [-0.25, -0.2) is 9.97 Å². The third kappa shape index (κ3) is 3.71. The standard InChI is InChI=1S/C16H25N3O2/c1-11(2)13-9-12(3)18-15(19-13)17-10-16(14(20)21)7-5-4-6-8-16/h9,11H,4-8,10H2,1-3H3,(H,20,21)(H,17,18,19). The number of anilines is 1. The summed E-state index contributed by atoms with van der Waals surface area (Å²) >= 11 is 0. The lowest BCUT2D eigenvalue weighted by Crippen LogP contribution is -2.40. The number of nitrogens with one attached hydrogen (secondary N) is 1. The van der Waals surface area contributed by atoms with Crippen molar-refractivity contribution in [1.82, 2.24) is 9.97 Å². The van der Waals surface area contributed by atoms with Gasteiger partial charge >= 0.3 is 5.97 Å². The number of aliphatic carboxylic acids is 1. The molecule has 0 atom stereocenters. The molecule has 0 unspecified atom stereocenters. The van der Waals surface area contributed by atoms with Crippen molar-refractivity contribution in [1.29, 1.82) is 0 Å². The first-order valence-electron chi connectivity index (χ1n) is 7.76. The van der Waals surface area contributed by atoms with Crippen molar-refractivity contribution in [2.24, 2.45) is 5.41 Å². The van der Waals surface area contributed by atoms with Crippen LogP contribution in [0.3, 0.4) is 0 Å². The van der Waals surface area contributed by atoms with Crippen LogP contribution in [0.15, 0.2) is 6.07 Å². The summed E-state index contributed by atoms with van der Waals surface area (Å²) in [7, 11) is 0. The molecule has 2 rings (SSSR count). The highest BCUT2D eigenvalue weighted by Crippen LogP contribution is 2.36. The second-order valence-electron chi connectivity index (χ2n) is 6.41. The second-order valence-corrected chi connectivity index (χ2v) is 6.41. The molecule has 1 aliphatic carbocycles. The molecule has 1 saturated carbocycles. The number of carbonyl (C=O) groups is 1. The minimum atomic E-state index is -0.702. The van der Waals surface area contributed by atoms with Crippen molar-refractivity contribution in [2.45, 2.75) is 58.8 Å². The average Bonchev–Trinajstić information content (AvgIpc) is 2.45. The molecule has 1 aliphatic rings. The highest BCUT2D eigenvalue weighted by atomic mass is 16.4. The van der Waals surface area contributed by atoms with Gasteiger partial charge in [-0.15, -0.1) is 0 Å². The quantitative estimate of drug-likeness (QED) is 0.870. The zero-order valence-electron chi connectivity index (χ0n) is 13.1. The van der Waals surface area contributed by atoms with Crippen LogP contribution in [0.2, 0.25) is 0 Å². The third-order valence-electron chi connectivity index (χ3n) is 4.31. The Bertz CT molecular complexity index is 508. The minimum Gasteiger partial charge on any atom is -0.481 e. The molecule has 1 aromatic heterocycles. The molecule has 0 spiro atoms. The van der Waals surface area contributed by atoms with Crippen LogP contribution in [0, 0.1) is 12.3 Å². The summed E-state index contributed by atoms with van der Waals surface area (Å²) in [6.45, 7) is 6.52. The van der Waals surface area contributed by atoms with Gasteiger partial charge in [0.1, 0.15) is 0 Å². The molecule has 2 N–H and O–H groups in total. The van der Waals surface area contributed by atoms with Crippen LogP contribution in [0.1, 0.15) is 63.3 Å². The molecule has 116 valence electrons. The van der Waals surface area contributed by atoms with Gasteiger partial charge in [0, 0.05) is 17.9 Å². The number of aromatic nitrogens is 2. The maximum absolute atomic E-state index is 11.7. The molecule has 5 nitrogen and oxygen atoms in total. The number of carboxylic acids is 1. The lowest BCUT2D eigenvalue weighted by atomic mass is 9.74. The van der Waals surface area contributed by atoms with Crippen molar-refractivity contribution < 1.29 is 9.90 Å². The van der Waals surface area contributed by atoms with E-state index < -0.39 is 11.4 Å². The fourth-order valence-electron chi connectivity index (χ4n) is 2.91. The number of aryl methyl sites for hydroxylation is 1.